The molecule has 8 rings (SSSR count). The van der Waals surface area contributed by atoms with Crippen molar-refractivity contribution in [2.75, 3.05) is 0 Å². The third kappa shape index (κ3) is 3.94. The van der Waals surface area contributed by atoms with Gasteiger partial charge in [-0.25, -0.2) is 0 Å². The van der Waals surface area contributed by atoms with Crippen LogP contribution in [0, 0.1) is 0 Å². The Kier molecular flexibility index (Phi) is 6.14. The Balaban J connectivity index is 1.11. The Morgan fingerprint density at radius 2 is 0.977 bits per heavy atom. The Morgan fingerprint density at radius 1 is 0.477 bits per heavy atom. The molecule has 0 atom stereocenters. The van der Waals surface area contributed by atoms with Crippen molar-refractivity contribution in [1.82, 2.24) is 0 Å². The molecule has 0 amide bonds. The first-order valence-corrected chi connectivity index (χ1v) is 20.8. The molecular weight excluding hydrogens is 561 g/mol. The predicted octanol–water partition coefficient (Wildman–Crippen LogP) is 8.37. The van der Waals surface area contributed by atoms with E-state index in [1.165, 1.54) is 60.8 Å². The highest BCUT2D eigenvalue weighted by Crippen LogP contribution is 2.37. The second-order valence-electron chi connectivity index (χ2n) is 13.6. The molecule has 213 valence electrons. The molecule has 0 nitrogen and oxygen atoms in total. The average Bonchev–Trinajstić information content (AvgIpc) is 3.49. The topological polar surface area (TPSA) is 0 Å². The first-order valence-electron chi connectivity index (χ1n) is 15.8. The molecule has 0 unspecified atom stereocenters. The summed E-state index contributed by atoms with van der Waals surface area (Å²) in [5, 5.41) is 6.24. The van der Waals surface area contributed by atoms with Crippen LogP contribution in [0.1, 0.15) is 25.0 Å². The van der Waals surface area contributed by atoms with E-state index >= 15 is 0 Å². The van der Waals surface area contributed by atoms with Gasteiger partial charge < -0.3 is 0 Å². The van der Waals surface area contributed by atoms with E-state index in [2.05, 4.69) is 167 Å². The number of fused-ring (bicyclic) bond motifs is 6. The van der Waals surface area contributed by atoms with Crippen LogP contribution in [0.15, 0.2) is 133 Å². The molecule has 6 aromatic carbocycles. The van der Waals surface area contributed by atoms with Crippen molar-refractivity contribution in [3.05, 3.63) is 145 Å². The van der Waals surface area contributed by atoms with Crippen LogP contribution in [0.5, 0.6) is 0 Å². The minimum atomic E-state index is -1.77. The maximum absolute atomic E-state index is 2.51. The maximum atomic E-state index is 2.51. The predicted molar refractivity (Wildman–Crippen MR) is 194 cm³/mol. The molecule has 0 N–H and O–H groups in total. The van der Waals surface area contributed by atoms with Crippen molar-refractivity contribution < 1.29 is 0 Å². The van der Waals surface area contributed by atoms with Gasteiger partial charge in [-0.2, -0.15) is 0 Å². The highest BCUT2D eigenvalue weighted by atomic mass is 28.3. The summed E-state index contributed by atoms with van der Waals surface area (Å²) >= 11 is 0. The quantitative estimate of drug-likeness (QED) is 0.179. The summed E-state index contributed by atoms with van der Waals surface area (Å²) in [5.74, 6) is 0. The fourth-order valence-corrected chi connectivity index (χ4v) is 13.9. The zero-order chi connectivity index (χ0) is 30.2. The van der Waals surface area contributed by atoms with E-state index in [0.29, 0.717) is 0 Å². The normalized spacial score (nSPS) is 14.6. The van der Waals surface area contributed by atoms with Crippen LogP contribution < -0.4 is 20.7 Å². The molecule has 2 aliphatic heterocycles. The van der Waals surface area contributed by atoms with E-state index in [1.54, 1.807) is 15.6 Å². The van der Waals surface area contributed by atoms with Gasteiger partial charge in [0.15, 0.2) is 0 Å². The van der Waals surface area contributed by atoms with Gasteiger partial charge >= 0.3 is 0 Å². The largest absolute Gasteiger partial charge is 0.120 e. The van der Waals surface area contributed by atoms with Crippen molar-refractivity contribution in [1.29, 1.82) is 0 Å². The van der Waals surface area contributed by atoms with Crippen molar-refractivity contribution in [3.63, 3.8) is 0 Å². The van der Waals surface area contributed by atoms with Crippen LogP contribution in [-0.2, 0) is 5.41 Å². The fourth-order valence-electron chi connectivity index (χ4n) is 7.99. The van der Waals surface area contributed by atoms with Crippen LogP contribution >= 0.6 is 0 Å². The Labute approximate surface area is 264 Å². The van der Waals surface area contributed by atoms with Gasteiger partial charge in [-0.05, 0) is 76.4 Å². The van der Waals surface area contributed by atoms with Crippen molar-refractivity contribution in [3.8, 4) is 44.5 Å². The third-order valence-corrected chi connectivity index (χ3v) is 16.6. The smallest absolute Gasteiger partial charge is 0.0627 e. The molecule has 2 heteroatoms. The maximum Gasteiger partial charge on any atom is 0.120 e. The van der Waals surface area contributed by atoms with Crippen LogP contribution in [0.4, 0.5) is 0 Å². The van der Waals surface area contributed by atoms with Gasteiger partial charge in [0, 0.05) is 5.41 Å². The van der Waals surface area contributed by atoms with Crippen LogP contribution in [0.3, 0.4) is 0 Å². The van der Waals surface area contributed by atoms with Crippen LogP contribution in [0.2, 0.25) is 19.6 Å². The van der Waals surface area contributed by atoms with Crippen molar-refractivity contribution in [2.45, 2.75) is 38.9 Å². The molecule has 0 spiro atoms. The molecule has 0 bridgehead atoms. The van der Waals surface area contributed by atoms with Gasteiger partial charge in [0.25, 0.3) is 0 Å². The Hall–Kier alpha value is -4.25. The zero-order valence-electron chi connectivity index (χ0n) is 26.2. The molecular formula is C42H37Si2. The summed E-state index contributed by atoms with van der Waals surface area (Å²) in [5.41, 5.74) is 13.7. The van der Waals surface area contributed by atoms with Gasteiger partial charge in [-0.1, -0.05) is 167 Å². The van der Waals surface area contributed by atoms with Crippen LogP contribution in [-0.4, -0.2) is 16.9 Å². The lowest BCUT2D eigenvalue weighted by Crippen LogP contribution is -2.50. The van der Waals surface area contributed by atoms with E-state index in [4.69, 9.17) is 0 Å². The van der Waals surface area contributed by atoms with E-state index in [1.807, 2.05) is 0 Å². The van der Waals surface area contributed by atoms with Gasteiger partial charge in [-0.3, -0.25) is 0 Å². The van der Waals surface area contributed by atoms with Gasteiger partial charge in [-0.15, -0.1) is 0 Å². The summed E-state index contributed by atoms with van der Waals surface area (Å²) in [6.07, 6.45) is 0. The average molecular weight is 598 g/mol. The standard InChI is InChI=1S/C42H37Si2/c1-42(2,30-24-20-28(21-25-30)32-14-10-16-36-34-12-6-8-18-38(34)43(3)40(32)36)31-26-22-29(23-27-31)33-15-11-17-37-35-13-7-9-19-39(35)44(4,5)41(33)37/h6-27H,1-5H3. The molecule has 2 heterocycles. The Morgan fingerprint density at radius 3 is 1.66 bits per heavy atom. The molecule has 0 aromatic heterocycles. The van der Waals surface area contributed by atoms with Crippen molar-refractivity contribution >= 4 is 37.6 Å². The molecule has 0 fully saturated rings. The number of rotatable bonds is 4. The SMILES string of the molecule is C[Si]1c2ccccc2-c2cccc(-c3ccc(C(C)(C)c4ccc(-c5cccc6c5[Si](C)(C)c5ccccc5-6)cc4)cc3)c21. The summed E-state index contributed by atoms with van der Waals surface area (Å²) in [4.78, 5) is 0. The minimum Gasteiger partial charge on any atom is -0.0627 e. The zero-order valence-corrected chi connectivity index (χ0v) is 28.2. The molecule has 44 heavy (non-hydrogen) atoms. The first-order chi connectivity index (χ1) is 21.3. The lowest BCUT2D eigenvalue weighted by Gasteiger charge is -2.27. The van der Waals surface area contributed by atoms with Gasteiger partial charge in [0.05, 0.1) is 0 Å². The minimum absolute atomic E-state index is 0.103. The molecule has 6 aromatic rings. The molecule has 1 radical (unpaired) electrons. The fraction of sp³-hybridized carbons (Fsp3) is 0.143. The summed E-state index contributed by atoms with van der Waals surface area (Å²) in [6, 6.07) is 50.6. The second-order valence-corrected chi connectivity index (χ2v) is 20.2. The van der Waals surface area contributed by atoms with Crippen molar-refractivity contribution in [2.24, 2.45) is 0 Å². The Bertz CT molecular complexity index is 2060. The monoisotopic (exact) mass is 597 g/mol. The molecule has 2 aliphatic rings. The molecule has 0 aliphatic carbocycles. The van der Waals surface area contributed by atoms with E-state index in [9.17, 15) is 0 Å². The van der Waals surface area contributed by atoms with Gasteiger partial charge in [0.1, 0.15) is 16.9 Å². The summed E-state index contributed by atoms with van der Waals surface area (Å²) in [7, 11) is -2.55. The van der Waals surface area contributed by atoms with E-state index in [0.717, 1.165) is 0 Å². The molecule has 0 saturated heterocycles. The first kappa shape index (κ1) is 27.3. The highest BCUT2D eigenvalue weighted by molar-refractivity contribution is 7.04. The van der Waals surface area contributed by atoms with E-state index in [-0.39, 0.29) is 5.41 Å². The summed E-state index contributed by atoms with van der Waals surface area (Å²) in [6.45, 7) is 12.2. The van der Waals surface area contributed by atoms with Gasteiger partial charge in [0.2, 0.25) is 0 Å². The molecule has 0 saturated carbocycles. The lowest BCUT2D eigenvalue weighted by molar-refractivity contribution is 0.641. The van der Waals surface area contributed by atoms with E-state index < -0.39 is 16.9 Å². The lowest BCUT2D eigenvalue weighted by atomic mass is 9.77. The van der Waals surface area contributed by atoms with Crippen LogP contribution in [0.25, 0.3) is 44.5 Å². The number of hydrogen-bond acceptors (Lipinski definition) is 0. The second kappa shape index (κ2) is 9.88. The third-order valence-electron chi connectivity index (χ3n) is 10.5. The number of hydrogen-bond donors (Lipinski definition) is 0. The summed E-state index contributed by atoms with van der Waals surface area (Å²) < 4.78 is 0. The number of benzene rings is 6. The highest BCUT2D eigenvalue weighted by Gasteiger charge is 2.39.